The van der Waals surface area contributed by atoms with Crippen LogP contribution in [0.1, 0.15) is 22.3 Å². The number of halogens is 2. The molecule has 1 atom stereocenters. The van der Waals surface area contributed by atoms with E-state index in [4.69, 9.17) is 17.4 Å². The quantitative estimate of drug-likeness (QED) is 0.667. The summed E-state index contributed by atoms with van der Waals surface area (Å²) in [6.45, 7) is 1.89. The lowest BCUT2D eigenvalue weighted by Crippen LogP contribution is -2.29. The highest BCUT2D eigenvalue weighted by Gasteiger charge is 2.19. The van der Waals surface area contributed by atoms with Crippen molar-refractivity contribution in [1.29, 1.82) is 0 Å². The van der Waals surface area contributed by atoms with Gasteiger partial charge in [0.2, 0.25) is 0 Å². The monoisotopic (exact) mass is 271 g/mol. The molecular formula is C11H11ClFN3S. The van der Waals surface area contributed by atoms with Crippen LogP contribution in [-0.4, -0.2) is 4.98 Å². The van der Waals surface area contributed by atoms with Crippen LogP contribution < -0.4 is 11.3 Å². The molecule has 90 valence electrons. The van der Waals surface area contributed by atoms with Crippen molar-refractivity contribution in [3.05, 3.63) is 50.7 Å². The van der Waals surface area contributed by atoms with Crippen LogP contribution in [0, 0.1) is 12.7 Å². The second-order valence-electron chi connectivity index (χ2n) is 3.56. The van der Waals surface area contributed by atoms with Gasteiger partial charge in [0, 0.05) is 16.0 Å². The van der Waals surface area contributed by atoms with Crippen molar-refractivity contribution in [1.82, 2.24) is 10.4 Å². The van der Waals surface area contributed by atoms with Gasteiger partial charge in [0.1, 0.15) is 5.82 Å². The summed E-state index contributed by atoms with van der Waals surface area (Å²) in [4.78, 5) is 4.30. The lowest BCUT2D eigenvalue weighted by atomic mass is 10.0. The Balaban J connectivity index is 2.42. The van der Waals surface area contributed by atoms with E-state index >= 15 is 0 Å². The maximum Gasteiger partial charge on any atom is 0.129 e. The van der Waals surface area contributed by atoms with Gasteiger partial charge >= 0.3 is 0 Å². The molecule has 0 bridgehead atoms. The van der Waals surface area contributed by atoms with E-state index in [0.29, 0.717) is 16.3 Å². The zero-order valence-electron chi connectivity index (χ0n) is 9.08. The maximum atomic E-state index is 13.8. The summed E-state index contributed by atoms with van der Waals surface area (Å²) in [5.74, 6) is 5.07. The molecule has 0 fully saturated rings. The summed E-state index contributed by atoms with van der Waals surface area (Å²) in [7, 11) is 0. The summed E-state index contributed by atoms with van der Waals surface area (Å²) in [5.41, 5.74) is 3.71. The van der Waals surface area contributed by atoms with E-state index in [1.165, 1.54) is 17.4 Å². The number of hydrogen-bond acceptors (Lipinski definition) is 4. The first-order valence-corrected chi connectivity index (χ1v) is 6.20. The van der Waals surface area contributed by atoms with Crippen LogP contribution in [0.3, 0.4) is 0 Å². The van der Waals surface area contributed by atoms with E-state index in [1.807, 2.05) is 12.3 Å². The maximum absolute atomic E-state index is 13.8. The van der Waals surface area contributed by atoms with E-state index in [1.54, 1.807) is 12.1 Å². The van der Waals surface area contributed by atoms with E-state index in [0.717, 1.165) is 5.01 Å². The third-order valence-electron chi connectivity index (χ3n) is 2.37. The lowest BCUT2D eigenvalue weighted by molar-refractivity contribution is 0.554. The molecule has 0 radical (unpaired) electrons. The molecule has 1 unspecified atom stereocenters. The predicted molar refractivity (Wildman–Crippen MR) is 67.4 cm³/mol. The van der Waals surface area contributed by atoms with E-state index in [-0.39, 0.29) is 0 Å². The van der Waals surface area contributed by atoms with Gasteiger partial charge in [-0.15, -0.1) is 11.3 Å². The summed E-state index contributed by atoms with van der Waals surface area (Å²) in [5, 5.41) is 3.12. The molecule has 3 N–H and O–H groups in total. The van der Waals surface area contributed by atoms with Crippen molar-refractivity contribution in [3.8, 4) is 0 Å². The first kappa shape index (κ1) is 12.4. The van der Waals surface area contributed by atoms with Gasteiger partial charge in [-0.05, 0) is 19.1 Å². The Bertz CT molecular complexity index is 529. The minimum atomic E-state index is -0.461. The smallest absolute Gasteiger partial charge is 0.129 e. The molecule has 0 saturated heterocycles. The fourth-order valence-electron chi connectivity index (χ4n) is 1.58. The Morgan fingerprint density at radius 2 is 2.29 bits per heavy atom. The average molecular weight is 272 g/mol. The minimum Gasteiger partial charge on any atom is -0.271 e. The molecule has 0 aliphatic heterocycles. The first-order chi connectivity index (χ1) is 8.11. The normalized spacial score (nSPS) is 12.7. The summed E-state index contributed by atoms with van der Waals surface area (Å²) < 4.78 is 13.8. The van der Waals surface area contributed by atoms with Gasteiger partial charge in [-0.1, -0.05) is 17.7 Å². The number of aromatic nitrogens is 1. The first-order valence-electron chi connectivity index (χ1n) is 4.95. The highest BCUT2D eigenvalue weighted by Crippen LogP contribution is 2.26. The van der Waals surface area contributed by atoms with Crippen molar-refractivity contribution < 1.29 is 4.39 Å². The summed E-state index contributed by atoms with van der Waals surface area (Å²) in [6.07, 6.45) is 0. The van der Waals surface area contributed by atoms with Gasteiger partial charge in [0.05, 0.1) is 16.7 Å². The van der Waals surface area contributed by atoms with Gasteiger partial charge in [-0.25, -0.2) is 14.8 Å². The van der Waals surface area contributed by atoms with E-state index in [9.17, 15) is 4.39 Å². The van der Waals surface area contributed by atoms with Crippen LogP contribution in [-0.2, 0) is 0 Å². The Hall–Kier alpha value is -1.01. The number of aryl methyl sites for hydroxylation is 1. The zero-order valence-corrected chi connectivity index (χ0v) is 10.6. The second-order valence-corrected chi connectivity index (χ2v) is 5.06. The molecule has 3 nitrogen and oxygen atoms in total. The van der Waals surface area contributed by atoms with Crippen LogP contribution in [0.4, 0.5) is 4.39 Å². The molecule has 6 heteroatoms. The minimum absolute atomic E-state index is 0.358. The van der Waals surface area contributed by atoms with Crippen molar-refractivity contribution in [2.45, 2.75) is 13.0 Å². The Labute approximate surface area is 107 Å². The molecule has 0 amide bonds. The van der Waals surface area contributed by atoms with Crippen molar-refractivity contribution in [3.63, 3.8) is 0 Å². The molecular weight excluding hydrogens is 261 g/mol. The fraction of sp³-hybridized carbons (Fsp3) is 0.182. The van der Waals surface area contributed by atoms with Crippen LogP contribution in [0.15, 0.2) is 23.6 Å². The number of nitrogens with zero attached hydrogens (tertiary/aromatic N) is 1. The Morgan fingerprint density at radius 3 is 2.82 bits per heavy atom. The molecule has 0 aliphatic rings. The number of hydrazine groups is 1. The second kappa shape index (κ2) is 5.10. The number of hydrogen-bond donors (Lipinski definition) is 2. The number of nitrogens with one attached hydrogen (secondary N) is 1. The van der Waals surface area contributed by atoms with Crippen molar-refractivity contribution >= 4 is 22.9 Å². The number of rotatable bonds is 3. The largest absolute Gasteiger partial charge is 0.271 e. The molecule has 0 saturated carbocycles. The lowest BCUT2D eigenvalue weighted by Gasteiger charge is -2.14. The highest BCUT2D eigenvalue weighted by atomic mass is 35.5. The van der Waals surface area contributed by atoms with Gasteiger partial charge in [-0.2, -0.15) is 0 Å². The third kappa shape index (κ3) is 2.63. The number of thiazole rings is 1. The van der Waals surface area contributed by atoms with Crippen molar-refractivity contribution in [2.24, 2.45) is 5.84 Å². The summed E-state index contributed by atoms with van der Waals surface area (Å²) in [6, 6.07) is 4.04. The SMILES string of the molecule is Cc1nc(C(NN)c2ccc(Cl)cc2F)cs1. The van der Waals surface area contributed by atoms with Crippen molar-refractivity contribution in [2.75, 3.05) is 0 Å². The predicted octanol–water partition coefficient (Wildman–Crippen LogP) is 2.80. The fourth-order valence-corrected chi connectivity index (χ4v) is 2.38. The molecule has 0 spiro atoms. The molecule has 1 aromatic carbocycles. The van der Waals surface area contributed by atoms with Crippen LogP contribution in [0.25, 0.3) is 0 Å². The van der Waals surface area contributed by atoms with Gasteiger partial charge in [0.15, 0.2) is 0 Å². The molecule has 17 heavy (non-hydrogen) atoms. The zero-order chi connectivity index (χ0) is 12.4. The molecule has 0 aliphatic carbocycles. The topological polar surface area (TPSA) is 50.9 Å². The molecule has 2 aromatic rings. The van der Waals surface area contributed by atoms with Crippen LogP contribution >= 0.6 is 22.9 Å². The highest BCUT2D eigenvalue weighted by molar-refractivity contribution is 7.09. The Morgan fingerprint density at radius 1 is 1.53 bits per heavy atom. The van der Waals surface area contributed by atoms with Gasteiger partial charge in [-0.3, -0.25) is 5.84 Å². The van der Waals surface area contributed by atoms with E-state index in [2.05, 4.69) is 10.4 Å². The molecule has 1 heterocycles. The molecule has 2 rings (SSSR count). The number of nitrogens with two attached hydrogens (primary N) is 1. The van der Waals surface area contributed by atoms with Crippen LogP contribution in [0.5, 0.6) is 0 Å². The third-order valence-corrected chi connectivity index (χ3v) is 3.40. The van der Waals surface area contributed by atoms with E-state index < -0.39 is 11.9 Å². The number of benzene rings is 1. The van der Waals surface area contributed by atoms with Gasteiger partial charge < -0.3 is 0 Å². The van der Waals surface area contributed by atoms with Gasteiger partial charge in [0.25, 0.3) is 0 Å². The standard InChI is InChI=1S/C11H11ClFN3S/c1-6-15-10(5-17-6)11(16-14)8-3-2-7(12)4-9(8)13/h2-5,11,16H,14H2,1H3. The average Bonchev–Trinajstić information content (AvgIpc) is 2.69. The van der Waals surface area contributed by atoms with Crippen LogP contribution in [0.2, 0.25) is 5.02 Å². The summed E-state index contributed by atoms with van der Waals surface area (Å²) >= 11 is 7.21. The molecule has 1 aromatic heterocycles. The Kier molecular flexibility index (Phi) is 3.73.